The molecule has 0 aromatic heterocycles. The van der Waals surface area contributed by atoms with Gasteiger partial charge in [0.25, 0.3) is 0 Å². The summed E-state index contributed by atoms with van der Waals surface area (Å²) in [5.41, 5.74) is 0.557. The second-order valence-electron chi connectivity index (χ2n) is 6.21. The fourth-order valence-electron chi connectivity index (χ4n) is 3.64. The van der Waals surface area contributed by atoms with Gasteiger partial charge in [-0.05, 0) is 33.2 Å². The van der Waals surface area contributed by atoms with Crippen molar-refractivity contribution in [2.24, 2.45) is 0 Å². The van der Waals surface area contributed by atoms with Gasteiger partial charge >= 0.3 is 0 Å². The molecule has 3 rings (SSSR count). The van der Waals surface area contributed by atoms with Crippen molar-refractivity contribution in [1.82, 2.24) is 0 Å². The van der Waals surface area contributed by atoms with Crippen LogP contribution in [0.2, 0.25) is 5.54 Å². The van der Waals surface area contributed by atoms with Crippen LogP contribution >= 0.6 is 15.9 Å². The number of benzene rings is 3. The van der Waals surface area contributed by atoms with Crippen LogP contribution in [0.3, 0.4) is 0 Å². The van der Waals surface area contributed by atoms with Crippen molar-refractivity contribution in [3.63, 3.8) is 0 Å². The normalized spacial score (nSPS) is 11.7. The lowest BCUT2D eigenvalue weighted by molar-refractivity contribution is 1.04. The van der Waals surface area contributed by atoms with Gasteiger partial charge in [0.05, 0.1) is 0 Å². The zero-order valence-corrected chi connectivity index (χ0v) is 16.1. The molecule has 0 aliphatic rings. The van der Waals surface area contributed by atoms with E-state index < -0.39 is 8.07 Å². The minimum absolute atomic E-state index is 0.557. The predicted molar refractivity (Wildman–Crippen MR) is 107 cm³/mol. The summed E-state index contributed by atoms with van der Waals surface area (Å²) in [4.78, 5) is 0. The molecule has 0 aliphatic heterocycles. The van der Waals surface area contributed by atoms with Gasteiger partial charge in [-0.1, -0.05) is 103 Å². The van der Waals surface area contributed by atoms with E-state index in [1.807, 2.05) is 0 Å². The number of rotatable bonds is 4. The average Bonchev–Trinajstić information content (AvgIpc) is 2.57. The zero-order valence-electron chi connectivity index (χ0n) is 13.5. The Kier molecular flexibility index (Phi) is 4.84. The Morgan fingerprint density at radius 2 is 1.13 bits per heavy atom. The predicted octanol–water partition coefficient (Wildman–Crippen LogP) is 4.33. The van der Waals surface area contributed by atoms with E-state index in [1.165, 1.54) is 15.6 Å². The van der Waals surface area contributed by atoms with Gasteiger partial charge in [0.2, 0.25) is 0 Å². The van der Waals surface area contributed by atoms with Crippen LogP contribution in [-0.2, 0) is 0 Å². The molecule has 0 spiro atoms. The van der Waals surface area contributed by atoms with Gasteiger partial charge in [0.1, 0.15) is 0 Å². The maximum absolute atomic E-state index is 3.67. The molecule has 3 aromatic rings. The van der Waals surface area contributed by atoms with Crippen molar-refractivity contribution in [2.75, 3.05) is 0 Å². The number of hydrogen-bond acceptors (Lipinski definition) is 0. The summed E-state index contributed by atoms with van der Waals surface area (Å²) < 4.78 is 1.15. The van der Waals surface area contributed by atoms with E-state index in [1.54, 1.807) is 0 Å². The van der Waals surface area contributed by atoms with Crippen LogP contribution in [0.25, 0.3) is 0 Å². The van der Waals surface area contributed by atoms with E-state index in [2.05, 4.69) is 115 Å². The summed E-state index contributed by atoms with van der Waals surface area (Å²) >= 11 is 3.67. The Morgan fingerprint density at radius 3 is 1.57 bits per heavy atom. The summed E-state index contributed by atoms with van der Waals surface area (Å²) in [6.07, 6.45) is 0. The molecule has 2 heteroatoms. The number of halogens is 1. The van der Waals surface area contributed by atoms with E-state index in [-0.39, 0.29) is 0 Å². The van der Waals surface area contributed by atoms with E-state index in [9.17, 15) is 0 Å². The van der Waals surface area contributed by atoms with Crippen LogP contribution in [0, 0.1) is 0 Å². The summed E-state index contributed by atoms with van der Waals surface area (Å²) in [5.74, 6) is 0. The minimum atomic E-state index is -2.06. The van der Waals surface area contributed by atoms with Gasteiger partial charge < -0.3 is 0 Å². The first-order valence-corrected chi connectivity index (χ1v) is 10.9. The van der Waals surface area contributed by atoms with Crippen LogP contribution in [0.1, 0.15) is 13.8 Å². The molecule has 0 saturated carbocycles. The van der Waals surface area contributed by atoms with Crippen molar-refractivity contribution in [3.05, 3.63) is 89.4 Å². The smallest absolute Gasteiger partial charge is 0.0642 e. The van der Waals surface area contributed by atoms with Crippen molar-refractivity contribution in [3.8, 4) is 0 Å². The summed E-state index contributed by atoms with van der Waals surface area (Å²) in [6, 6.07) is 31.0. The molecule has 23 heavy (non-hydrogen) atoms. The fourth-order valence-corrected chi connectivity index (χ4v) is 9.43. The van der Waals surface area contributed by atoms with E-state index >= 15 is 0 Å². The highest BCUT2D eigenvalue weighted by atomic mass is 79.9. The standard InChI is InChI=1S/C21H21BrSi/c1-17(2)23(19-11-5-3-6-12-19,20-13-7-4-8-14-20)21-15-9-10-18(22)16-21/h3-17H,1-2H3. The van der Waals surface area contributed by atoms with Crippen LogP contribution in [0.15, 0.2) is 89.4 Å². The molecule has 0 aliphatic carbocycles. The lowest BCUT2D eigenvalue weighted by Crippen LogP contribution is -2.69. The largest absolute Gasteiger partial charge is 0.150 e. The second kappa shape index (κ2) is 6.86. The lowest BCUT2D eigenvalue weighted by Gasteiger charge is -2.37. The van der Waals surface area contributed by atoms with Crippen molar-refractivity contribution < 1.29 is 0 Å². The molecule has 0 bridgehead atoms. The fraction of sp³-hybridized carbons (Fsp3) is 0.143. The number of hydrogen-bond donors (Lipinski definition) is 0. The molecule has 0 unspecified atom stereocenters. The third-order valence-corrected chi connectivity index (χ3v) is 10.5. The van der Waals surface area contributed by atoms with Gasteiger partial charge in [0.15, 0.2) is 8.07 Å². The summed E-state index contributed by atoms with van der Waals surface area (Å²) in [5, 5.41) is 4.40. The summed E-state index contributed by atoms with van der Waals surface area (Å²) in [6.45, 7) is 4.74. The first-order chi connectivity index (χ1) is 11.2. The molecule has 0 nitrogen and oxygen atoms in total. The molecule has 0 amide bonds. The van der Waals surface area contributed by atoms with Gasteiger partial charge in [-0.25, -0.2) is 0 Å². The molecule has 3 aromatic carbocycles. The molecule has 0 fully saturated rings. The first-order valence-electron chi connectivity index (χ1n) is 8.03. The molecule has 0 atom stereocenters. The van der Waals surface area contributed by atoms with E-state index in [4.69, 9.17) is 0 Å². The van der Waals surface area contributed by atoms with E-state index in [0.717, 1.165) is 4.47 Å². The average molecular weight is 381 g/mol. The third-order valence-electron chi connectivity index (χ3n) is 4.60. The molecule has 0 saturated heterocycles. The topological polar surface area (TPSA) is 0 Å². The minimum Gasteiger partial charge on any atom is -0.0642 e. The Morgan fingerprint density at radius 1 is 0.652 bits per heavy atom. The van der Waals surface area contributed by atoms with Gasteiger partial charge in [-0.2, -0.15) is 0 Å². The Bertz CT molecular complexity index is 727. The molecule has 0 radical (unpaired) electrons. The molecular weight excluding hydrogens is 360 g/mol. The van der Waals surface area contributed by atoms with Crippen LogP contribution in [0.4, 0.5) is 0 Å². The molecule has 0 N–H and O–H groups in total. The van der Waals surface area contributed by atoms with E-state index in [0.29, 0.717) is 5.54 Å². The Hall–Kier alpha value is -1.64. The molecule has 0 heterocycles. The van der Waals surface area contributed by atoms with Crippen molar-refractivity contribution in [1.29, 1.82) is 0 Å². The Labute approximate surface area is 148 Å². The Balaban J connectivity index is 2.36. The molecular formula is C21H21BrSi. The van der Waals surface area contributed by atoms with Gasteiger partial charge in [0, 0.05) is 4.47 Å². The molecule has 116 valence electrons. The van der Waals surface area contributed by atoms with Crippen LogP contribution in [0.5, 0.6) is 0 Å². The maximum Gasteiger partial charge on any atom is 0.150 e. The maximum atomic E-state index is 3.67. The van der Waals surface area contributed by atoms with Crippen LogP contribution in [-0.4, -0.2) is 8.07 Å². The monoisotopic (exact) mass is 380 g/mol. The van der Waals surface area contributed by atoms with Crippen molar-refractivity contribution in [2.45, 2.75) is 19.4 Å². The second-order valence-corrected chi connectivity index (χ2v) is 11.6. The quantitative estimate of drug-likeness (QED) is 0.466. The zero-order chi connectivity index (χ0) is 16.3. The van der Waals surface area contributed by atoms with Crippen LogP contribution < -0.4 is 15.6 Å². The SMILES string of the molecule is CC(C)[Si](c1ccccc1)(c1ccccc1)c1cccc(Br)c1. The summed E-state index contributed by atoms with van der Waals surface area (Å²) in [7, 11) is -2.06. The van der Waals surface area contributed by atoms with Crippen molar-refractivity contribution >= 4 is 39.6 Å². The first kappa shape index (κ1) is 16.2. The third kappa shape index (κ3) is 2.93. The van der Waals surface area contributed by atoms with Gasteiger partial charge in [-0.15, -0.1) is 0 Å². The highest BCUT2D eigenvalue weighted by Crippen LogP contribution is 2.22. The highest BCUT2D eigenvalue weighted by Gasteiger charge is 2.42. The highest BCUT2D eigenvalue weighted by molar-refractivity contribution is 9.10. The van der Waals surface area contributed by atoms with Gasteiger partial charge in [-0.3, -0.25) is 0 Å². The lowest BCUT2D eigenvalue weighted by atomic mass is 10.3.